The first-order chi connectivity index (χ1) is 9.95. The molecular weight excluding hydrogens is 292 g/mol. The van der Waals surface area contributed by atoms with Gasteiger partial charge in [0.2, 0.25) is 10.0 Å². The molecule has 1 aromatic rings. The van der Waals surface area contributed by atoms with E-state index < -0.39 is 16.1 Å². The molecule has 1 fully saturated rings. The number of hydrogen-bond donors (Lipinski definition) is 2. The summed E-state index contributed by atoms with van der Waals surface area (Å²) in [6, 6.07) is 1.45. The molecular formula is C14H18N2O4S. The fourth-order valence-corrected chi connectivity index (χ4v) is 3.78. The van der Waals surface area contributed by atoms with Crippen molar-refractivity contribution in [3.63, 3.8) is 0 Å². The standard InChI is InChI=1S/C14H18N2O4S/c1-11-10-16(5-4-14(11)18)21(19,20)13-7-12(3-2-6-17)8-15-9-13/h7-9,11,14,17-18H,4-6,10H2,1H3. The lowest BCUT2D eigenvalue weighted by atomic mass is 9.99. The number of aromatic nitrogens is 1. The number of nitrogens with zero attached hydrogens (tertiary/aromatic N) is 2. The third-order valence-electron chi connectivity index (χ3n) is 3.49. The molecule has 21 heavy (non-hydrogen) atoms. The van der Waals surface area contributed by atoms with Gasteiger partial charge in [0.05, 0.1) is 6.10 Å². The second-order valence-corrected chi connectivity index (χ2v) is 7.00. The highest BCUT2D eigenvalue weighted by molar-refractivity contribution is 7.89. The van der Waals surface area contributed by atoms with Crippen LogP contribution < -0.4 is 0 Å². The Morgan fingerprint density at radius 3 is 2.90 bits per heavy atom. The summed E-state index contributed by atoms with van der Waals surface area (Å²) >= 11 is 0. The van der Waals surface area contributed by atoms with Crippen molar-refractivity contribution >= 4 is 10.0 Å². The maximum Gasteiger partial charge on any atom is 0.244 e. The van der Waals surface area contributed by atoms with E-state index in [-0.39, 0.29) is 24.0 Å². The maximum absolute atomic E-state index is 12.6. The number of pyridine rings is 1. The van der Waals surface area contributed by atoms with Gasteiger partial charge in [-0.2, -0.15) is 4.31 Å². The molecule has 2 unspecified atom stereocenters. The van der Waals surface area contributed by atoms with Crippen LogP contribution in [-0.4, -0.2) is 53.7 Å². The molecule has 2 rings (SSSR count). The second kappa shape index (κ2) is 6.54. The zero-order valence-corrected chi connectivity index (χ0v) is 12.5. The monoisotopic (exact) mass is 310 g/mol. The van der Waals surface area contributed by atoms with Crippen molar-refractivity contribution in [1.29, 1.82) is 0 Å². The van der Waals surface area contributed by atoms with Crippen LogP contribution in [0.2, 0.25) is 0 Å². The summed E-state index contributed by atoms with van der Waals surface area (Å²) in [6.45, 7) is 2.11. The lowest BCUT2D eigenvalue weighted by molar-refractivity contribution is 0.0628. The Hall–Kier alpha value is -1.46. The van der Waals surface area contributed by atoms with Gasteiger partial charge in [0.1, 0.15) is 11.5 Å². The molecule has 0 spiro atoms. The second-order valence-electron chi connectivity index (χ2n) is 5.07. The summed E-state index contributed by atoms with van der Waals surface area (Å²) in [5, 5.41) is 18.4. The van der Waals surface area contributed by atoms with Crippen LogP contribution in [0.4, 0.5) is 0 Å². The Kier molecular flexibility index (Phi) is 4.96. The van der Waals surface area contributed by atoms with Crippen molar-refractivity contribution in [2.24, 2.45) is 5.92 Å². The topological polar surface area (TPSA) is 90.7 Å². The minimum atomic E-state index is -3.64. The van der Waals surface area contributed by atoms with Gasteiger partial charge in [-0.15, -0.1) is 0 Å². The van der Waals surface area contributed by atoms with E-state index in [0.717, 1.165) is 0 Å². The van der Waals surface area contributed by atoms with Gasteiger partial charge in [-0.25, -0.2) is 8.42 Å². The van der Waals surface area contributed by atoms with Gasteiger partial charge in [0, 0.05) is 31.0 Å². The van der Waals surface area contributed by atoms with Crippen LogP contribution in [0, 0.1) is 17.8 Å². The van der Waals surface area contributed by atoms with Gasteiger partial charge in [-0.1, -0.05) is 18.8 Å². The predicted molar refractivity (Wildman–Crippen MR) is 76.7 cm³/mol. The van der Waals surface area contributed by atoms with Crippen molar-refractivity contribution in [2.75, 3.05) is 19.7 Å². The first kappa shape index (κ1) is 15.9. The summed E-state index contributed by atoms with van der Waals surface area (Å²) in [5.41, 5.74) is 0.440. The highest BCUT2D eigenvalue weighted by Gasteiger charge is 2.32. The SMILES string of the molecule is CC1CN(S(=O)(=O)c2cncc(C#CCO)c2)CCC1O. The largest absolute Gasteiger partial charge is 0.393 e. The van der Waals surface area contributed by atoms with Gasteiger partial charge in [-0.3, -0.25) is 4.98 Å². The number of piperidine rings is 1. The van der Waals surface area contributed by atoms with E-state index in [1.165, 1.54) is 22.8 Å². The molecule has 0 saturated carbocycles. The van der Waals surface area contributed by atoms with Crippen molar-refractivity contribution in [1.82, 2.24) is 9.29 Å². The molecule has 7 heteroatoms. The molecule has 0 radical (unpaired) electrons. The van der Waals surface area contributed by atoms with Crippen molar-refractivity contribution < 1.29 is 18.6 Å². The Labute approximate surface area is 124 Å². The number of rotatable bonds is 2. The molecule has 1 aromatic heterocycles. The number of hydrogen-bond acceptors (Lipinski definition) is 5. The van der Waals surface area contributed by atoms with Crippen LogP contribution in [0.15, 0.2) is 23.4 Å². The zero-order chi connectivity index (χ0) is 15.5. The van der Waals surface area contributed by atoms with Crippen LogP contribution in [0.1, 0.15) is 18.9 Å². The third-order valence-corrected chi connectivity index (χ3v) is 5.32. The normalized spacial score (nSPS) is 23.4. The van der Waals surface area contributed by atoms with Crippen LogP contribution in [0.25, 0.3) is 0 Å². The molecule has 2 N–H and O–H groups in total. The first-order valence-electron chi connectivity index (χ1n) is 6.68. The van der Waals surface area contributed by atoms with E-state index in [2.05, 4.69) is 16.8 Å². The number of aliphatic hydroxyl groups excluding tert-OH is 2. The van der Waals surface area contributed by atoms with Crippen molar-refractivity contribution in [3.05, 3.63) is 24.0 Å². The van der Waals surface area contributed by atoms with Crippen LogP contribution in [0.5, 0.6) is 0 Å². The third kappa shape index (κ3) is 3.60. The Morgan fingerprint density at radius 2 is 2.24 bits per heavy atom. The Bertz CT molecular complexity index is 663. The van der Waals surface area contributed by atoms with Crippen LogP contribution >= 0.6 is 0 Å². The molecule has 0 aliphatic carbocycles. The van der Waals surface area contributed by atoms with E-state index in [4.69, 9.17) is 5.11 Å². The molecule has 1 aliphatic heterocycles. The molecule has 1 saturated heterocycles. The minimum absolute atomic E-state index is 0.0795. The van der Waals surface area contributed by atoms with Crippen LogP contribution in [-0.2, 0) is 10.0 Å². The average molecular weight is 310 g/mol. The van der Waals surface area contributed by atoms with E-state index >= 15 is 0 Å². The van der Waals surface area contributed by atoms with Crippen molar-refractivity contribution in [3.8, 4) is 11.8 Å². The summed E-state index contributed by atoms with van der Waals surface area (Å²) < 4.78 is 26.5. The lowest BCUT2D eigenvalue weighted by Gasteiger charge is -2.33. The van der Waals surface area contributed by atoms with Crippen LogP contribution in [0.3, 0.4) is 0 Å². The van der Waals surface area contributed by atoms with Gasteiger partial charge in [-0.05, 0) is 18.4 Å². The average Bonchev–Trinajstić information content (AvgIpc) is 2.48. The molecule has 0 bridgehead atoms. The van der Waals surface area contributed by atoms with Gasteiger partial charge >= 0.3 is 0 Å². The smallest absolute Gasteiger partial charge is 0.244 e. The molecule has 114 valence electrons. The molecule has 0 aromatic carbocycles. The van der Waals surface area contributed by atoms with Gasteiger partial charge in [0.15, 0.2) is 0 Å². The molecule has 2 atom stereocenters. The Balaban J connectivity index is 2.27. The minimum Gasteiger partial charge on any atom is -0.393 e. The molecule has 1 aliphatic rings. The predicted octanol–water partition coefficient (Wildman–Crippen LogP) is -0.183. The quantitative estimate of drug-likeness (QED) is 0.739. The fraction of sp³-hybridized carbons (Fsp3) is 0.500. The first-order valence-corrected chi connectivity index (χ1v) is 8.12. The fourth-order valence-electron chi connectivity index (χ4n) is 2.23. The lowest BCUT2D eigenvalue weighted by Crippen LogP contribution is -2.44. The molecule has 6 nitrogen and oxygen atoms in total. The molecule has 2 heterocycles. The summed E-state index contributed by atoms with van der Waals surface area (Å²) in [6.07, 6.45) is 2.70. The van der Waals surface area contributed by atoms with E-state index in [0.29, 0.717) is 18.5 Å². The van der Waals surface area contributed by atoms with Gasteiger partial charge in [0.25, 0.3) is 0 Å². The van der Waals surface area contributed by atoms with Crippen molar-refractivity contribution in [2.45, 2.75) is 24.3 Å². The highest BCUT2D eigenvalue weighted by atomic mass is 32.2. The summed E-state index contributed by atoms with van der Waals surface area (Å²) in [4.78, 5) is 3.97. The van der Waals surface area contributed by atoms with Gasteiger partial charge < -0.3 is 10.2 Å². The summed E-state index contributed by atoms with van der Waals surface area (Å²) in [5.74, 6) is 5.00. The van der Waals surface area contributed by atoms with E-state index in [1.807, 2.05) is 6.92 Å². The van der Waals surface area contributed by atoms with E-state index in [1.54, 1.807) is 0 Å². The zero-order valence-electron chi connectivity index (χ0n) is 11.7. The number of sulfonamides is 1. The Morgan fingerprint density at radius 1 is 1.48 bits per heavy atom. The maximum atomic E-state index is 12.6. The highest BCUT2D eigenvalue weighted by Crippen LogP contribution is 2.23. The molecule has 0 amide bonds. The number of aliphatic hydroxyl groups is 2. The van der Waals surface area contributed by atoms with E-state index in [9.17, 15) is 13.5 Å². The summed E-state index contributed by atoms with van der Waals surface area (Å²) in [7, 11) is -3.64.